The van der Waals surface area contributed by atoms with Crippen molar-refractivity contribution in [3.05, 3.63) is 53.6 Å². The lowest BCUT2D eigenvalue weighted by atomic mass is 10.0. The van der Waals surface area contributed by atoms with Crippen LogP contribution in [0.3, 0.4) is 0 Å². The fourth-order valence-electron chi connectivity index (χ4n) is 4.35. The zero-order chi connectivity index (χ0) is 22.4. The largest absolute Gasteiger partial charge is 0.497 e. The molecule has 1 saturated heterocycles. The topological polar surface area (TPSA) is 106 Å². The molecular formula is C23H21N5O4. The van der Waals surface area contributed by atoms with Crippen molar-refractivity contribution in [1.29, 1.82) is 0 Å². The van der Waals surface area contributed by atoms with E-state index in [4.69, 9.17) is 4.74 Å². The van der Waals surface area contributed by atoms with E-state index in [-0.39, 0.29) is 18.2 Å². The Hall–Kier alpha value is -4.01. The molecule has 0 bridgehead atoms. The van der Waals surface area contributed by atoms with Gasteiger partial charge in [0.1, 0.15) is 17.5 Å². The average Bonchev–Trinajstić information content (AvgIpc) is 3.33. The summed E-state index contributed by atoms with van der Waals surface area (Å²) < 4.78 is 6.96. The number of rotatable bonds is 4. The molecule has 2 aromatic carbocycles. The molecule has 2 aliphatic heterocycles. The SMILES string of the molecule is COc1ccc(-c2c(-c3ccc4c(c3)CN(C3CCC(=O)NC3=O)C4=O)nnn2C)cc1. The molecule has 1 unspecified atom stereocenters. The summed E-state index contributed by atoms with van der Waals surface area (Å²) in [6, 6.07) is 12.6. The second-order valence-corrected chi connectivity index (χ2v) is 7.91. The van der Waals surface area contributed by atoms with Crippen LogP contribution in [0.1, 0.15) is 28.8 Å². The minimum absolute atomic E-state index is 0.199. The molecule has 3 amide bonds. The van der Waals surface area contributed by atoms with Gasteiger partial charge in [-0.3, -0.25) is 19.7 Å². The summed E-state index contributed by atoms with van der Waals surface area (Å²) in [5, 5.41) is 10.9. The van der Waals surface area contributed by atoms with E-state index in [0.717, 1.165) is 28.1 Å². The Labute approximate surface area is 184 Å². The van der Waals surface area contributed by atoms with Gasteiger partial charge in [-0.15, -0.1) is 5.10 Å². The Balaban J connectivity index is 1.47. The molecule has 1 N–H and O–H groups in total. The molecular weight excluding hydrogens is 410 g/mol. The molecule has 32 heavy (non-hydrogen) atoms. The van der Waals surface area contributed by atoms with Crippen molar-refractivity contribution < 1.29 is 19.1 Å². The van der Waals surface area contributed by atoms with E-state index >= 15 is 0 Å². The molecule has 1 fully saturated rings. The van der Waals surface area contributed by atoms with Gasteiger partial charge in [0.25, 0.3) is 5.91 Å². The Morgan fingerprint density at radius 2 is 1.81 bits per heavy atom. The Bertz CT molecular complexity index is 1250. The van der Waals surface area contributed by atoms with Crippen molar-refractivity contribution in [2.45, 2.75) is 25.4 Å². The quantitative estimate of drug-likeness (QED) is 0.633. The molecule has 0 radical (unpaired) electrons. The number of hydrogen-bond donors (Lipinski definition) is 1. The van der Waals surface area contributed by atoms with Gasteiger partial charge in [-0.2, -0.15) is 0 Å². The van der Waals surface area contributed by atoms with Crippen molar-refractivity contribution >= 4 is 17.7 Å². The first-order chi connectivity index (χ1) is 15.5. The van der Waals surface area contributed by atoms with E-state index in [1.807, 2.05) is 43.4 Å². The van der Waals surface area contributed by atoms with Gasteiger partial charge < -0.3 is 9.64 Å². The number of amides is 3. The fraction of sp³-hybridized carbons (Fsp3) is 0.261. The number of carbonyl (C=O) groups excluding carboxylic acids is 3. The fourth-order valence-corrected chi connectivity index (χ4v) is 4.35. The van der Waals surface area contributed by atoms with E-state index in [1.165, 1.54) is 4.90 Å². The van der Waals surface area contributed by atoms with E-state index in [2.05, 4.69) is 15.6 Å². The first-order valence-electron chi connectivity index (χ1n) is 10.3. The van der Waals surface area contributed by atoms with Gasteiger partial charge >= 0.3 is 0 Å². The number of ether oxygens (including phenoxy) is 1. The number of methoxy groups -OCH3 is 1. The average molecular weight is 431 g/mol. The number of nitrogens with zero attached hydrogens (tertiary/aromatic N) is 4. The van der Waals surface area contributed by atoms with Crippen molar-refractivity contribution in [2.75, 3.05) is 7.11 Å². The second kappa shape index (κ2) is 7.60. The monoisotopic (exact) mass is 431 g/mol. The smallest absolute Gasteiger partial charge is 0.255 e. The molecule has 0 spiro atoms. The van der Waals surface area contributed by atoms with E-state index < -0.39 is 11.9 Å². The Morgan fingerprint density at radius 3 is 2.53 bits per heavy atom. The molecule has 1 atom stereocenters. The highest BCUT2D eigenvalue weighted by Crippen LogP contribution is 2.34. The number of hydrogen-bond acceptors (Lipinski definition) is 6. The number of benzene rings is 2. The molecule has 162 valence electrons. The van der Waals surface area contributed by atoms with Crippen LogP contribution in [-0.2, 0) is 23.2 Å². The first-order valence-corrected chi connectivity index (χ1v) is 10.3. The van der Waals surface area contributed by atoms with Gasteiger partial charge in [0, 0.05) is 36.7 Å². The van der Waals surface area contributed by atoms with Crippen LogP contribution in [0.15, 0.2) is 42.5 Å². The predicted molar refractivity (Wildman–Crippen MR) is 114 cm³/mol. The molecule has 0 aliphatic carbocycles. The number of carbonyl (C=O) groups is 3. The highest BCUT2D eigenvalue weighted by Gasteiger charge is 2.39. The number of imide groups is 1. The minimum atomic E-state index is -0.637. The van der Waals surface area contributed by atoms with Gasteiger partial charge in [-0.05, 0) is 48.4 Å². The highest BCUT2D eigenvalue weighted by molar-refractivity contribution is 6.05. The normalized spacial score (nSPS) is 18.0. The van der Waals surface area contributed by atoms with Gasteiger partial charge in [-0.1, -0.05) is 11.3 Å². The lowest BCUT2D eigenvalue weighted by molar-refractivity contribution is -0.136. The van der Waals surface area contributed by atoms with Crippen LogP contribution in [0, 0.1) is 0 Å². The van der Waals surface area contributed by atoms with Crippen LogP contribution >= 0.6 is 0 Å². The number of aryl methyl sites for hydroxylation is 1. The molecule has 2 aliphatic rings. The van der Waals surface area contributed by atoms with Crippen LogP contribution in [0.4, 0.5) is 0 Å². The number of nitrogens with one attached hydrogen (secondary N) is 1. The van der Waals surface area contributed by atoms with Gasteiger partial charge in [0.2, 0.25) is 11.8 Å². The predicted octanol–water partition coefficient (Wildman–Crippen LogP) is 1.92. The number of piperidine rings is 1. The van der Waals surface area contributed by atoms with Crippen LogP contribution in [0.25, 0.3) is 22.5 Å². The van der Waals surface area contributed by atoms with Gasteiger partial charge in [0.05, 0.1) is 12.8 Å². The van der Waals surface area contributed by atoms with Crippen molar-refractivity contribution in [3.8, 4) is 28.3 Å². The Kier molecular flexibility index (Phi) is 4.73. The van der Waals surface area contributed by atoms with Gasteiger partial charge in [-0.25, -0.2) is 4.68 Å². The van der Waals surface area contributed by atoms with Crippen LogP contribution < -0.4 is 10.1 Å². The van der Waals surface area contributed by atoms with Crippen molar-refractivity contribution in [1.82, 2.24) is 25.2 Å². The third-order valence-electron chi connectivity index (χ3n) is 5.99. The molecule has 0 saturated carbocycles. The van der Waals surface area contributed by atoms with Crippen LogP contribution in [-0.4, -0.2) is 50.8 Å². The van der Waals surface area contributed by atoms with Crippen LogP contribution in [0.5, 0.6) is 5.75 Å². The molecule has 3 aromatic rings. The van der Waals surface area contributed by atoms with E-state index in [9.17, 15) is 14.4 Å². The summed E-state index contributed by atoms with van der Waals surface area (Å²) in [6.07, 6.45) is 0.565. The summed E-state index contributed by atoms with van der Waals surface area (Å²) in [5.41, 5.74) is 4.71. The number of fused-ring (bicyclic) bond motifs is 1. The van der Waals surface area contributed by atoms with E-state index in [0.29, 0.717) is 24.2 Å². The van der Waals surface area contributed by atoms with Crippen LogP contribution in [0.2, 0.25) is 0 Å². The second-order valence-electron chi connectivity index (χ2n) is 7.91. The van der Waals surface area contributed by atoms with Gasteiger partial charge in [0.15, 0.2) is 0 Å². The lowest BCUT2D eigenvalue weighted by Crippen LogP contribution is -2.52. The van der Waals surface area contributed by atoms with Crippen molar-refractivity contribution in [3.63, 3.8) is 0 Å². The summed E-state index contributed by atoms with van der Waals surface area (Å²) in [5.74, 6) is -0.157. The maximum Gasteiger partial charge on any atom is 0.255 e. The maximum atomic E-state index is 12.9. The zero-order valence-corrected chi connectivity index (χ0v) is 17.7. The molecule has 5 rings (SSSR count). The molecule has 3 heterocycles. The minimum Gasteiger partial charge on any atom is -0.497 e. The maximum absolute atomic E-state index is 12.9. The Morgan fingerprint density at radius 1 is 1.06 bits per heavy atom. The lowest BCUT2D eigenvalue weighted by Gasteiger charge is -2.29. The standard InChI is InChI=1S/C23H21N5O4/c1-27-21(13-3-6-16(32-2)7-4-13)20(25-26-27)14-5-8-17-15(11-14)12-28(23(17)31)18-9-10-19(29)24-22(18)30/h3-8,11,18H,9-10,12H2,1-2H3,(H,24,29,30). The first kappa shape index (κ1) is 19.9. The third kappa shape index (κ3) is 3.22. The molecule has 1 aromatic heterocycles. The summed E-state index contributed by atoms with van der Waals surface area (Å²) in [7, 11) is 3.45. The van der Waals surface area contributed by atoms with E-state index in [1.54, 1.807) is 17.9 Å². The summed E-state index contributed by atoms with van der Waals surface area (Å²) in [6.45, 7) is 0.312. The zero-order valence-electron chi connectivity index (χ0n) is 17.7. The van der Waals surface area contributed by atoms with Crippen molar-refractivity contribution in [2.24, 2.45) is 7.05 Å². The highest BCUT2D eigenvalue weighted by atomic mass is 16.5. The molecule has 9 heteroatoms. The third-order valence-corrected chi connectivity index (χ3v) is 5.99. The summed E-state index contributed by atoms with van der Waals surface area (Å²) >= 11 is 0. The molecule has 9 nitrogen and oxygen atoms in total. The summed E-state index contributed by atoms with van der Waals surface area (Å²) in [4.78, 5) is 38.2. The number of aromatic nitrogens is 3.